The Kier molecular flexibility index (Phi) is 4.53. The monoisotopic (exact) mass is 337 g/mol. The lowest BCUT2D eigenvalue weighted by molar-refractivity contribution is 0.0273. The number of carbonyl (C=O) groups excluding carboxylic acids is 1. The summed E-state index contributed by atoms with van der Waals surface area (Å²) in [6.45, 7) is 6.98. The van der Waals surface area contributed by atoms with Gasteiger partial charge >= 0.3 is 6.09 Å². The first-order valence-electron chi connectivity index (χ1n) is 6.78. The molecule has 0 fully saturated rings. The van der Waals surface area contributed by atoms with E-state index in [4.69, 9.17) is 4.74 Å². The van der Waals surface area contributed by atoms with Crippen LogP contribution in [-0.2, 0) is 4.74 Å². The number of nitrogens with zero attached hydrogens (tertiary/aromatic N) is 1. The van der Waals surface area contributed by atoms with E-state index >= 15 is 0 Å². The third-order valence-corrected chi connectivity index (χ3v) is 3.49. The zero-order valence-corrected chi connectivity index (χ0v) is 13.7. The van der Waals surface area contributed by atoms with E-state index < -0.39 is 5.60 Å². The van der Waals surface area contributed by atoms with Crippen LogP contribution in [0.15, 0.2) is 34.8 Å². The van der Waals surface area contributed by atoms with Gasteiger partial charge in [-0.1, -0.05) is 34.1 Å². The van der Waals surface area contributed by atoms with E-state index in [1.807, 2.05) is 32.9 Å². The number of halogens is 1. The summed E-state index contributed by atoms with van der Waals surface area (Å²) >= 11 is 3.48. The summed E-state index contributed by atoms with van der Waals surface area (Å²) < 4.78 is 6.48. The van der Waals surface area contributed by atoms with Crippen LogP contribution in [-0.4, -0.2) is 29.7 Å². The van der Waals surface area contributed by atoms with Crippen molar-refractivity contribution in [2.24, 2.45) is 0 Å². The highest BCUT2D eigenvalue weighted by Crippen LogP contribution is 2.24. The molecule has 4 heteroatoms. The van der Waals surface area contributed by atoms with Gasteiger partial charge in [0.15, 0.2) is 0 Å². The Morgan fingerprint density at radius 1 is 1.35 bits per heavy atom. The van der Waals surface area contributed by atoms with Gasteiger partial charge in [-0.15, -0.1) is 0 Å². The Bertz CT molecular complexity index is 532. The van der Waals surface area contributed by atoms with Gasteiger partial charge in [0.05, 0.1) is 0 Å². The molecule has 0 unspecified atom stereocenters. The van der Waals surface area contributed by atoms with E-state index in [1.54, 1.807) is 4.90 Å². The van der Waals surface area contributed by atoms with Crippen molar-refractivity contribution in [2.75, 3.05) is 13.1 Å². The quantitative estimate of drug-likeness (QED) is 0.756. The van der Waals surface area contributed by atoms with Gasteiger partial charge in [-0.05, 0) is 50.5 Å². The minimum atomic E-state index is -0.450. The Labute approximate surface area is 128 Å². The highest BCUT2D eigenvalue weighted by molar-refractivity contribution is 9.10. The summed E-state index contributed by atoms with van der Waals surface area (Å²) in [6.07, 6.45) is 2.82. The van der Waals surface area contributed by atoms with E-state index in [0.717, 1.165) is 16.5 Å². The van der Waals surface area contributed by atoms with Crippen molar-refractivity contribution < 1.29 is 9.53 Å². The molecule has 1 heterocycles. The van der Waals surface area contributed by atoms with Crippen LogP contribution in [0.25, 0.3) is 5.57 Å². The molecule has 1 amide bonds. The molecule has 0 aromatic heterocycles. The Morgan fingerprint density at radius 3 is 2.75 bits per heavy atom. The van der Waals surface area contributed by atoms with Gasteiger partial charge < -0.3 is 9.64 Å². The van der Waals surface area contributed by atoms with Crippen LogP contribution in [0.5, 0.6) is 0 Å². The molecule has 0 atom stereocenters. The van der Waals surface area contributed by atoms with Crippen LogP contribution in [0.2, 0.25) is 0 Å². The summed E-state index contributed by atoms with van der Waals surface area (Å²) in [6, 6.07) is 8.14. The lowest BCUT2D eigenvalue weighted by atomic mass is 10.0. The highest BCUT2D eigenvalue weighted by atomic mass is 79.9. The topological polar surface area (TPSA) is 29.5 Å². The van der Waals surface area contributed by atoms with Crippen molar-refractivity contribution in [1.29, 1.82) is 0 Å². The first-order chi connectivity index (χ1) is 9.35. The minimum absolute atomic E-state index is 0.238. The molecule has 1 aliphatic heterocycles. The second-order valence-electron chi connectivity index (χ2n) is 5.93. The van der Waals surface area contributed by atoms with Gasteiger partial charge in [0.2, 0.25) is 0 Å². The van der Waals surface area contributed by atoms with Gasteiger partial charge in [0.25, 0.3) is 0 Å². The predicted octanol–water partition coefficient (Wildman–Crippen LogP) is 4.47. The van der Waals surface area contributed by atoms with Crippen molar-refractivity contribution in [3.63, 3.8) is 0 Å². The smallest absolute Gasteiger partial charge is 0.410 e. The first kappa shape index (κ1) is 15.1. The van der Waals surface area contributed by atoms with Gasteiger partial charge in [0, 0.05) is 17.6 Å². The molecule has 108 valence electrons. The third kappa shape index (κ3) is 4.10. The molecule has 2 rings (SSSR count). The van der Waals surface area contributed by atoms with E-state index in [-0.39, 0.29) is 6.09 Å². The second-order valence-corrected chi connectivity index (χ2v) is 6.85. The fraction of sp³-hybridized carbons (Fsp3) is 0.438. The van der Waals surface area contributed by atoms with Crippen molar-refractivity contribution in [3.8, 4) is 0 Å². The first-order valence-corrected chi connectivity index (χ1v) is 7.57. The average Bonchev–Trinajstić information content (AvgIpc) is 2.37. The Hall–Kier alpha value is -1.29. The minimum Gasteiger partial charge on any atom is -0.444 e. The molecule has 0 spiro atoms. The van der Waals surface area contributed by atoms with Gasteiger partial charge in [-0.2, -0.15) is 0 Å². The van der Waals surface area contributed by atoms with Crippen LogP contribution in [0.1, 0.15) is 32.8 Å². The van der Waals surface area contributed by atoms with Crippen molar-refractivity contribution in [2.45, 2.75) is 32.8 Å². The Balaban J connectivity index is 2.09. The second kappa shape index (κ2) is 6.00. The Morgan fingerprint density at radius 2 is 2.10 bits per heavy atom. The molecular weight excluding hydrogens is 318 g/mol. The molecule has 0 N–H and O–H groups in total. The lowest BCUT2D eigenvalue weighted by Crippen LogP contribution is -2.39. The van der Waals surface area contributed by atoms with E-state index in [9.17, 15) is 4.79 Å². The van der Waals surface area contributed by atoms with E-state index in [1.165, 1.54) is 5.57 Å². The fourth-order valence-electron chi connectivity index (χ4n) is 2.12. The number of benzene rings is 1. The molecular formula is C16H20BrNO2. The van der Waals surface area contributed by atoms with Crippen molar-refractivity contribution >= 4 is 27.6 Å². The van der Waals surface area contributed by atoms with Gasteiger partial charge in [0.1, 0.15) is 5.60 Å². The number of hydrogen-bond acceptors (Lipinski definition) is 2. The zero-order valence-electron chi connectivity index (χ0n) is 12.1. The number of ether oxygens (including phenoxy) is 1. The summed E-state index contributed by atoms with van der Waals surface area (Å²) in [4.78, 5) is 13.9. The fourth-order valence-corrected chi connectivity index (χ4v) is 2.52. The molecule has 20 heavy (non-hydrogen) atoms. The van der Waals surface area contributed by atoms with Crippen LogP contribution in [0, 0.1) is 0 Å². The van der Waals surface area contributed by atoms with Crippen LogP contribution in [0.4, 0.5) is 4.79 Å². The predicted molar refractivity (Wildman–Crippen MR) is 84.5 cm³/mol. The zero-order chi connectivity index (χ0) is 14.8. The van der Waals surface area contributed by atoms with E-state index in [0.29, 0.717) is 13.1 Å². The maximum Gasteiger partial charge on any atom is 0.410 e. The maximum atomic E-state index is 12.1. The number of carbonyl (C=O) groups is 1. The van der Waals surface area contributed by atoms with Crippen LogP contribution >= 0.6 is 15.9 Å². The van der Waals surface area contributed by atoms with Gasteiger partial charge in [-0.25, -0.2) is 4.79 Å². The van der Waals surface area contributed by atoms with Crippen LogP contribution < -0.4 is 0 Å². The molecule has 0 saturated heterocycles. The molecule has 1 aliphatic rings. The summed E-state index contributed by atoms with van der Waals surface area (Å²) in [5.41, 5.74) is 1.87. The van der Waals surface area contributed by atoms with Crippen molar-refractivity contribution in [1.82, 2.24) is 4.90 Å². The number of rotatable bonds is 1. The van der Waals surface area contributed by atoms with Crippen molar-refractivity contribution in [3.05, 3.63) is 40.4 Å². The van der Waals surface area contributed by atoms with Crippen LogP contribution in [0.3, 0.4) is 0 Å². The summed E-state index contributed by atoms with van der Waals surface area (Å²) in [5, 5.41) is 0. The highest BCUT2D eigenvalue weighted by Gasteiger charge is 2.24. The lowest BCUT2D eigenvalue weighted by Gasteiger charge is -2.30. The molecule has 1 aromatic rings. The summed E-state index contributed by atoms with van der Waals surface area (Å²) in [5.74, 6) is 0. The summed E-state index contributed by atoms with van der Waals surface area (Å²) in [7, 11) is 0. The largest absolute Gasteiger partial charge is 0.444 e. The number of hydrogen-bond donors (Lipinski definition) is 0. The average molecular weight is 338 g/mol. The normalized spacial score (nSPS) is 15.8. The van der Waals surface area contributed by atoms with E-state index in [2.05, 4.69) is 34.1 Å². The molecule has 0 aliphatic carbocycles. The molecule has 0 radical (unpaired) electrons. The SMILES string of the molecule is CC(C)(C)OC(=O)N1CCC=C(c2cccc(Br)c2)C1. The molecule has 0 bridgehead atoms. The molecule has 0 saturated carbocycles. The number of amides is 1. The van der Waals surface area contributed by atoms with Gasteiger partial charge in [-0.3, -0.25) is 0 Å². The molecule has 3 nitrogen and oxygen atoms in total. The standard InChI is InChI=1S/C16H20BrNO2/c1-16(2,3)20-15(19)18-9-5-7-13(11-18)12-6-4-8-14(17)10-12/h4,6-8,10H,5,9,11H2,1-3H3. The third-order valence-electron chi connectivity index (χ3n) is 3.00. The maximum absolute atomic E-state index is 12.1. The molecule has 1 aromatic carbocycles.